The minimum absolute atomic E-state index is 0.182. The van der Waals surface area contributed by atoms with Crippen molar-refractivity contribution in [1.29, 1.82) is 0 Å². The maximum absolute atomic E-state index is 12.3. The van der Waals surface area contributed by atoms with Crippen LogP contribution >= 0.6 is 0 Å². The Morgan fingerprint density at radius 3 is 2.84 bits per heavy atom. The number of aliphatic hydroxyl groups excluding tert-OH is 1. The Labute approximate surface area is 113 Å². The fourth-order valence-corrected chi connectivity index (χ4v) is 3.93. The van der Waals surface area contributed by atoms with Gasteiger partial charge in [0.1, 0.15) is 0 Å². The summed E-state index contributed by atoms with van der Waals surface area (Å²) in [7, 11) is 0. The molecule has 3 atom stereocenters. The quantitative estimate of drug-likeness (QED) is 0.845. The van der Waals surface area contributed by atoms with Gasteiger partial charge in [-0.1, -0.05) is 24.3 Å². The van der Waals surface area contributed by atoms with E-state index >= 15 is 0 Å². The molecule has 0 saturated heterocycles. The van der Waals surface area contributed by atoms with Crippen LogP contribution in [0.1, 0.15) is 36.3 Å². The van der Waals surface area contributed by atoms with Gasteiger partial charge in [-0.2, -0.15) is 0 Å². The number of nitrogens with one attached hydrogen (secondary N) is 1. The van der Waals surface area contributed by atoms with E-state index in [1.54, 1.807) is 0 Å². The van der Waals surface area contributed by atoms with Crippen LogP contribution in [0.3, 0.4) is 0 Å². The summed E-state index contributed by atoms with van der Waals surface area (Å²) in [5, 5.41) is 12.4. The lowest BCUT2D eigenvalue weighted by Gasteiger charge is -2.32. The first-order chi connectivity index (χ1) is 9.24. The minimum Gasteiger partial charge on any atom is -0.393 e. The average Bonchev–Trinajstić information content (AvgIpc) is 3.11. The summed E-state index contributed by atoms with van der Waals surface area (Å²) in [6, 6.07) is 8.76. The predicted octanol–water partition coefficient (Wildman–Crippen LogP) is 1.60. The van der Waals surface area contributed by atoms with Crippen molar-refractivity contribution in [2.45, 2.75) is 43.7 Å². The Morgan fingerprint density at radius 1 is 1.26 bits per heavy atom. The number of benzene rings is 1. The van der Waals surface area contributed by atoms with E-state index in [0.717, 1.165) is 25.7 Å². The van der Waals surface area contributed by atoms with Crippen LogP contribution in [-0.2, 0) is 11.2 Å². The number of aliphatic hydroxyl groups is 1. The lowest BCUT2D eigenvalue weighted by molar-refractivity contribution is -0.124. The zero-order chi connectivity index (χ0) is 13.0. The number of carbonyl (C=O) groups excluding carboxylic acids is 1. The Bertz CT molecular complexity index is 521. The Kier molecular flexibility index (Phi) is 2.46. The third kappa shape index (κ3) is 1.79. The Hall–Kier alpha value is -1.35. The second-order valence-electron chi connectivity index (χ2n) is 6.28. The molecule has 1 amide bonds. The zero-order valence-corrected chi connectivity index (χ0v) is 10.9. The van der Waals surface area contributed by atoms with Crippen LogP contribution in [0.4, 0.5) is 0 Å². The van der Waals surface area contributed by atoms with E-state index in [9.17, 15) is 9.90 Å². The highest BCUT2D eigenvalue weighted by Gasteiger charge is 2.57. The van der Waals surface area contributed by atoms with Crippen LogP contribution in [0.2, 0.25) is 0 Å². The normalized spacial score (nSPS) is 38.7. The number of fused-ring (bicyclic) bond motifs is 3. The number of hydrogen-bond acceptors (Lipinski definition) is 2. The molecule has 1 aromatic rings. The van der Waals surface area contributed by atoms with E-state index in [2.05, 4.69) is 29.6 Å². The molecule has 3 aliphatic carbocycles. The first kappa shape index (κ1) is 11.5. The molecule has 4 rings (SSSR count). The van der Waals surface area contributed by atoms with Crippen molar-refractivity contribution in [1.82, 2.24) is 5.32 Å². The van der Waals surface area contributed by atoms with Crippen molar-refractivity contribution >= 4 is 5.91 Å². The lowest BCUT2D eigenvalue weighted by Crippen LogP contribution is -2.47. The highest BCUT2D eigenvalue weighted by molar-refractivity contribution is 5.84. The molecule has 3 unspecified atom stereocenters. The molecular formula is C16H19NO2. The third-order valence-corrected chi connectivity index (χ3v) is 5.09. The van der Waals surface area contributed by atoms with Crippen molar-refractivity contribution in [3.63, 3.8) is 0 Å². The number of aryl methyl sites for hydroxylation is 1. The molecule has 1 aromatic carbocycles. The first-order valence-corrected chi connectivity index (χ1v) is 7.30. The molecule has 0 radical (unpaired) electrons. The molecule has 0 aliphatic heterocycles. The smallest absolute Gasteiger partial charge is 0.224 e. The topological polar surface area (TPSA) is 49.3 Å². The third-order valence-electron chi connectivity index (χ3n) is 5.09. The van der Waals surface area contributed by atoms with Crippen LogP contribution in [0, 0.1) is 11.8 Å². The molecular weight excluding hydrogens is 238 g/mol. The van der Waals surface area contributed by atoms with Crippen molar-refractivity contribution in [2.75, 3.05) is 0 Å². The van der Waals surface area contributed by atoms with Gasteiger partial charge in [0.2, 0.25) is 5.91 Å². The SMILES string of the molecule is O=C(NC1CC(O)C1)C1C2CCc3ccccc3C21. The summed E-state index contributed by atoms with van der Waals surface area (Å²) in [6.07, 6.45) is 3.51. The maximum Gasteiger partial charge on any atom is 0.224 e. The first-order valence-electron chi connectivity index (χ1n) is 7.30. The fourth-order valence-electron chi connectivity index (χ4n) is 3.93. The highest BCUT2D eigenvalue weighted by atomic mass is 16.3. The predicted molar refractivity (Wildman–Crippen MR) is 71.7 cm³/mol. The summed E-state index contributed by atoms with van der Waals surface area (Å²) >= 11 is 0. The monoisotopic (exact) mass is 257 g/mol. The van der Waals surface area contributed by atoms with E-state index in [1.807, 2.05) is 0 Å². The highest BCUT2D eigenvalue weighted by Crippen LogP contribution is 2.59. The second-order valence-corrected chi connectivity index (χ2v) is 6.28. The van der Waals surface area contributed by atoms with Crippen LogP contribution in [0.25, 0.3) is 0 Å². The Balaban J connectivity index is 1.46. The summed E-state index contributed by atoms with van der Waals surface area (Å²) < 4.78 is 0. The maximum atomic E-state index is 12.3. The largest absolute Gasteiger partial charge is 0.393 e. The van der Waals surface area contributed by atoms with E-state index in [0.29, 0.717) is 11.8 Å². The molecule has 0 spiro atoms. The molecule has 3 nitrogen and oxygen atoms in total. The van der Waals surface area contributed by atoms with Gasteiger partial charge in [0.05, 0.1) is 6.10 Å². The molecule has 2 fully saturated rings. The van der Waals surface area contributed by atoms with Gasteiger partial charge in [0.15, 0.2) is 0 Å². The van der Waals surface area contributed by atoms with Gasteiger partial charge in [-0.3, -0.25) is 4.79 Å². The molecule has 0 bridgehead atoms. The van der Waals surface area contributed by atoms with Crippen molar-refractivity contribution in [3.05, 3.63) is 35.4 Å². The zero-order valence-electron chi connectivity index (χ0n) is 10.9. The number of rotatable bonds is 2. The van der Waals surface area contributed by atoms with Gasteiger partial charge in [-0.15, -0.1) is 0 Å². The molecule has 2 saturated carbocycles. The summed E-state index contributed by atoms with van der Waals surface area (Å²) in [5.74, 6) is 1.40. The van der Waals surface area contributed by atoms with Crippen molar-refractivity contribution < 1.29 is 9.90 Å². The van der Waals surface area contributed by atoms with Crippen LogP contribution in [-0.4, -0.2) is 23.2 Å². The molecule has 100 valence electrons. The molecule has 19 heavy (non-hydrogen) atoms. The van der Waals surface area contributed by atoms with Crippen LogP contribution in [0.5, 0.6) is 0 Å². The summed E-state index contributed by atoms with van der Waals surface area (Å²) in [4.78, 5) is 12.3. The lowest BCUT2D eigenvalue weighted by atomic mass is 9.89. The van der Waals surface area contributed by atoms with Crippen LogP contribution in [0.15, 0.2) is 24.3 Å². The van der Waals surface area contributed by atoms with E-state index in [-0.39, 0.29) is 24.0 Å². The molecule has 0 aromatic heterocycles. The van der Waals surface area contributed by atoms with Gasteiger partial charge >= 0.3 is 0 Å². The van der Waals surface area contributed by atoms with E-state index < -0.39 is 0 Å². The molecule has 3 heteroatoms. The second kappa shape index (κ2) is 4.07. The van der Waals surface area contributed by atoms with Gasteiger partial charge in [-0.05, 0) is 48.6 Å². The molecule has 0 heterocycles. The van der Waals surface area contributed by atoms with Crippen molar-refractivity contribution in [3.8, 4) is 0 Å². The van der Waals surface area contributed by atoms with Gasteiger partial charge in [0.25, 0.3) is 0 Å². The number of hydrogen-bond donors (Lipinski definition) is 2. The van der Waals surface area contributed by atoms with Gasteiger partial charge in [-0.25, -0.2) is 0 Å². The number of amides is 1. The standard InChI is InChI=1S/C16H19NO2/c18-11-7-10(8-11)17-16(19)15-13-6-5-9-3-1-2-4-12(9)14(13)15/h1-4,10-11,13-15,18H,5-8H2,(H,17,19). The molecule has 2 N–H and O–H groups in total. The fraction of sp³-hybridized carbons (Fsp3) is 0.562. The van der Waals surface area contributed by atoms with Gasteiger partial charge < -0.3 is 10.4 Å². The average molecular weight is 257 g/mol. The summed E-state index contributed by atoms with van der Waals surface area (Å²) in [5.41, 5.74) is 2.82. The van der Waals surface area contributed by atoms with Crippen molar-refractivity contribution in [2.24, 2.45) is 11.8 Å². The Morgan fingerprint density at radius 2 is 2.05 bits per heavy atom. The van der Waals surface area contributed by atoms with Crippen LogP contribution < -0.4 is 5.32 Å². The molecule has 3 aliphatic rings. The van der Waals surface area contributed by atoms with E-state index in [1.165, 1.54) is 11.1 Å². The minimum atomic E-state index is -0.201. The summed E-state index contributed by atoms with van der Waals surface area (Å²) in [6.45, 7) is 0. The van der Waals surface area contributed by atoms with Gasteiger partial charge in [0, 0.05) is 12.0 Å². The number of carbonyl (C=O) groups is 1. The van der Waals surface area contributed by atoms with E-state index in [4.69, 9.17) is 0 Å².